The first kappa shape index (κ1) is 23.6. The molecule has 6 nitrogen and oxygen atoms in total. The molecular weight excluding hydrogens is 464 g/mol. The fraction of sp³-hybridized carbons (Fsp3) is 0.323. The molecule has 0 aliphatic carbocycles. The summed E-state index contributed by atoms with van der Waals surface area (Å²) in [6, 6.07) is 19.6. The summed E-state index contributed by atoms with van der Waals surface area (Å²) in [4.78, 5) is 16.5. The Labute approximate surface area is 217 Å². The van der Waals surface area contributed by atoms with Crippen molar-refractivity contribution in [2.45, 2.75) is 25.8 Å². The molecule has 1 saturated heterocycles. The number of hydrogen-bond acceptors (Lipinski definition) is 5. The van der Waals surface area contributed by atoms with E-state index in [1.807, 2.05) is 54.6 Å². The van der Waals surface area contributed by atoms with Crippen LogP contribution in [0.1, 0.15) is 40.7 Å². The van der Waals surface area contributed by atoms with Gasteiger partial charge in [-0.25, -0.2) is 0 Å². The van der Waals surface area contributed by atoms with E-state index in [0.717, 1.165) is 59.0 Å². The van der Waals surface area contributed by atoms with Crippen LogP contribution in [0.4, 0.5) is 0 Å². The Morgan fingerprint density at radius 2 is 1.54 bits per heavy atom. The van der Waals surface area contributed by atoms with Gasteiger partial charge in [-0.2, -0.15) is 0 Å². The second kappa shape index (κ2) is 9.94. The predicted molar refractivity (Wildman–Crippen MR) is 145 cm³/mol. The summed E-state index contributed by atoms with van der Waals surface area (Å²) in [6.45, 7) is 4.62. The molecule has 190 valence electrons. The Morgan fingerprint density at radius 1 is 0.838 bits per heavy atom. The zero-order chi connectivity index (χ0) is 25.4. The zero-order valence-corrected chi connectivity index (χ0v) is 21.5. The number of rotatable bonds is 8. The Morgan fingerprint density at radius 3 is 2.30 bits per heavy atom. The van der Waals surface area contributed by atoms with Crippen molar-refractivity contribution in [2.75, 3.05) is 40.5 Å². The number of carbonyl (C=O) groups is 1. The minimum atomic E-state index is -0.000506. The average molecular weight is 497 g/mol. The van der Waals surface area contributed by atoms with Gasteiger partial charge in [-0.05, 0) is 80.0 Å². The first-order chi connectivity index (χ1) is 18.2. The topological polar surface area (TPSA) is 52.9 Å². The van der Waals surface area contributed by atoms with Gasteiger partial charge in [-0.3, -0.25) is 9.69 Å². The SMILES string of the molecule is COc1ccc2c(c1)-c1c(C(=O)c3ccc(OCCN4CCCCC4)cc3)c3ccc(OC)cc3n1C2. The Balaban J connectivity index is 1.31. The standard InChI is InChI=1S/C31H32N2O4/c1-35-24-11-8-22-20-33-28-19-25(36-2)12-13-26(28)29(30(33)27(22)18-24)31(34)21-6-9-23(10-7-21)37-17-16-32-14-4-3-5-15-32/h6-13,18-19H,3-5,14-17,20H2,1-2H3. The third kappa shape index (κ3) is 4.36. The number of likely N-dealkylation sites (tertiary alicyclic amines) is 1. The van der Waals surface area contributed by atoms with Gasteiger partial charge in [-0.15, -0.1) is 0 Å². The lowest BCUT2D eigenvalue weighted by Gasteiger charge is -2.26. The number of ether oxygens (including phenoxy) is 3. The van der Waals surface area contributed by atoms with E-state index in [1.54, 1.807) is 14.2 Å². The van der Waals surface area contributed by atoms with Crippen molar-refractivity contribution >= 4 is 16.7 Å². The first-order valence-electron chi connectivity index (χ1n) is 13.0. The lowest BCUT2D eigenvalue weighted by atomic mass is 9.96. The highest BCUT2D eigenvalue weighted by Crippen LogP contribution is 2.44. The molecule has 2 aliphatic rings. The van der Waals surface area contributed by atoms with E-state index >= 15 is 0 Å². The molecule has 0 radical (unpaired) electrons. The fourth-order valence-corrected chi connectivity index (χ4v) is 5.66. The second-order valence-electron chi connectivity index (χ2n) is 9.82. The minimum Gasteiger partial charge on any atom is -0.497 e. The quantitative estimate of drug-likeness (QED) is 0.255. The van der Waals surface area contributed by atoms with Crippen LogP contribution >= 0.6 is 0 Å². The van der Waals surface area contributed by atoms with Crippen LogP contribution in [0.3, 0.4) is 0 Å². The largest absolute Gasteiger partial charge is 0.497 e. The third-order valence-electron chi connectivity index (χ3n) is 7.64. The highest BCUT2D eigenvalue weighted by Gasteiger charge is 2.30. The molecule has 0 N–H and O–H groups in total. The summed E-state index contributed by atoms with van der Waals surface area (Å²) < 4.78 is 19.2. The molecule has 0 spiro atoms. The van der Waals surface area contributed by atoms with Crippen LogP contribution in [0.5, 0.6) is 17.2 Å². The summed E-state index contributed by atoms with van der Waals surface area (Å²) in [7, 11) is 3.33. The highest BCUT2D eigenvalue weighted by molar-refractivity contribution is 6.21. The monoisotopic (exact) mass is 496 g/mol. The van der Waals surface area contributed by atoms with Crippen LogP contribution in [0.15, 0.2) is 60.7 Å². The number of carbonyl (C=O) groups excluding carboxylic acids is 1. The van der Waals surface area contributed by atoms with Crippen LogP contribution in [0, 0.1) is 0 Å². The number of benzene rings is 3. The molecule has 0 atom stereocenters. The zero-order valence-electron chi connectivity index (χ0n) is 21.5. The maximum absolute atomic E-state index is 14.0. The summed E-state index contributed by atoms with van der Waals surface area (Å²) in [5.41, 5.74) is 5.49. The van der Waals surface area contributed by atoms with Crippen LogP contribution < -0.4 is 14.2 Å². The number of piperidine rings is 1. The van der Waals surface area contributed by atoms with E-state index in [-0.39, 0.29) is 5.78 Å². The molecule has 3 aromatic carbocycles. The average Bonchev–Trinajstić information content (AvgIpc) is 3.47. The lowest BCUT2D eigenvalue weighted by molar-refractivity contribution is 0.104. The number of nitrogens with zero attached hydrogens (tertiary/aromatic N) is 2. The molecule has 0 saturated carbocycles. The van der Waals surface area contributed by atoms with E-state index in [0.29, 0.717) is 24.3 Å². The van der Waals surface area contributed by atoms with Crippen LogP contribution in [0.2, 0.25) is 0 Å². The van der Waals surface area contributed by atoms with Crippen molar-refractivity contribution in [1.82, 2.24) is 9.47 Å². The smallest absolute Gasteiger partial charge is 0.195 e. The number of hydrogen-bond donors (Lipinski definition) is 0. The van der Waals surface area contributed by atoms with E-state index in [1.165, 1.54) is 24.8 Å². The summed E-state index contributed by atoms with van der Waals surface area (Å²) in [5, 5.41) is 0.927. The number of methoxy groups -OCH3 is 2. The van der Waals surface area contributed by atoms with E-state index in [4.69, 9.17) is 14.2 Å². The second-order valence-corrected chi connectivity index (χ2v) is 9.82. The molecule has 0 amide bonds. The molecule has 3 heterocycles. The van der Waals surface area contributed by atoms with Crippen molar-refractivity contribution in [3.05, 3.63) is 77.4 Å². The van der Waals surface area contributed by atoms with Crippen LogP contribution in [0.25, 0.3) is 22.2 Å². The number of fused-ring (bicyclic) bond motifs is 5. The van der Waals surface area contributed by atoms with Crippen molar-refractivity contribution in [1.29, 1.82) is 0 Å². The lowest BCUT2D eigenvalue weighted by Crippen LogP contribution is -2.33. The molecule has 1 aromatic heterocycles. The minimum absolute atomic E-state index is 0.000506. The van der Waals surface area contributed by atoms with Crippen molar-refractivity contribution in [3.8, 4) is 28.5 Å². The summed E-state index contributed by atoms with van der Waals surface area (Å²) in [5.74, 6) is 2.34. The van der Waals surface area contributed by atoms with Crippen molar-refractivity contribution in [2.24, 2.45) is 0 Å². The van der Waals surface area contributed by atoms with Gasteiger partial charge in [0.25, 0.3) is 0 Å². The number of aromatic nitrogens is 1. The summed E-state index contributed by atoms with van der Waals surface area (Å²) in [6.07, 6.45) is 3.89. The summed E-state index contributed by atoms with van der Waals surface area (Å²) >= 11 is 0. The fourth-order valence-electron chi connectivity index (χ4n) is 5.66. The molecule has 0 bridgehead atoms. The van der Waals surface area contributed by atoms with Gasteiger partial charge in [0.1, 0.15) is 23.9 Å². The molecular formula is C31H32N2O4. The Bertz CT molecular complexity index is 1450. The maximum atomic E-state index is 14.0. The van der Waals surface area contributed by atoms with Crippen LogP contribution in [-0.2, 0) is 6.54 Å². The Kier molecular flexibility index (Phi) is 6.35. The van der Waals surface area contributed by atoms with Gasteiger partial charge < -0.3 is 18.8 Å². The maximum Gasteiger partial charge on any atom is 0.195 e. The van der Waals surface area contributed by atoms with Gasteiger partial charge in [0.2, 0.25) is 0 Å². The molecule has 1 fully saturated rings. The molecule has 0 unspecified atom stereocenters. The van der Waals surface area contributed by atoms with Gasteiger partial charge in [-0.1, -0.05) is 12.5 Å². The van der Waals surface area contributed by atoms with E-state index in [9.17, 15) is 4.79 Å². The predicted octanol–water partition coefficient (Wildman–Crippen LogP) is 5.78. The van der Waals surface area contributed by atoms with Crippen molar-refractivity contribution in [3.63, 3.8) is 0 Å². The molecule has 6 rings (SSSR count). The molecule has 37 heavy (non-hydrogen) atoms. The highest BCUT2D eigenvalue weighted by atomic mass is 16.5. The number of ketones is 1. The van der Waals surface area contributed by atoms with Gasteiger partial charge in [0, 0.05) is 35.7 Å². The van der Waals surface area contributed by atoms with E-state index < -0.39 is 0 Å². The molecule has 6 heteroatoms. The van der Waals surface area contributed by atoms with Gasteiger partial charge in [0.15, 0.2) is 5.78 Å². The normalized spacial score (nSPS) is 14.9. The third-order valence-corrected chi connectivity index (χ3v) is 7.64. The van der Waals surface area contributed by atoms with Gasteiger partial charge in [0.05, 0.1) is 31.0 Å². The Hall–Kier alpha value is -3.77. The first-order valence-corrected chi connectivity index (χ1v) is 13.0. The van der Waals surface area contributed by atoms with E-state index in [2.05, 4.69) is 15.5 Å². The van der Waals surface area contributed by atoms with Crippen molar-refractivity contribution < 1.29 is 19.0 Å². The molecule has 4 aromatic rings. The van der Waals surface area contributed by atoms with Gasteiger partial charge >= 0.3 is 0 Å². The molecule has 2 aliphatic heterocycles. The van der Waals surface area contributed by atoms with Crippen LogP contribution in [-0.4, -0.2) is 55.7 Å².